The summed E-state index contributed by atoms with van der Waals surface area (Å²) in [6.07, 6.45) is 2.02. The molecule has 10 nitrogen and oxygen atoms in total. The molecule has 11 heteroatoms. The summed E-state index contributed by atoms with van der Waals surface area (Å²) in [5.74, 6) is -1.03. The predicted octanol–water partition coefficient (Wildman–Crippen LogP) is 6.41. The Morgan fingerprint density at radius 2 is 1.52 bits per heavy atom. The largest absolute Gasteiger partial charge is 0.448 e. The Labute approximate surface area is 266 Å². The molecule has 2 aromatic heterocycles. The molecule has 3 amide bonds. The number of ether oxygens (including phenoxy) is 1. The first-order valence-corrected chi connectivity index (χ1v) is 16.0. The zero-order valence-electron chi connectivity index (χ0n) is 25.4. The first kappa shape index (κ1) is 30.6. The minimum atomic E-state index is -4.29. The Balaban J connectivity index is 1.54. The zero-order valence-corrected chi connectivity index (χ0v) is 26.2. The molecule has 5 aromatic rings. The second kappa shape index (κ2) is 11.8. The summed E-state index contributed by atoms with van der Waals surface area (Å²) in [5.41, 5.74) is 0.296. The molecule has 0 fully saturated rings. The van der Waals surface area contributed by atoms with Crippen molar-refractivity contribution in [2.75, 3.05) is 16.3 Å². The smallest absolute Gasteiger partial charge is 0.417 e. The van der Waals surface area contributed by atoms with Gasteiger partial charge in [-0.15, -0.1) is 0 Å². The van der Waals surface area contributed by atoms with E-state index in [9.17, 15) is 22.8 Å². The summed E-state index contributed by atoms with van der Waals surface area (Å²) in [4.78, 5) is 43.1. The highest BCUT2D eigenvalue weighted by Crippen LogP contribution is 2.38. The van der Waals surface area contributed by atoms with Crippen LogP contribution in [-0.2, 0) is 30.8 Å². The lowest BCUT2D eigenvalue weighted by atomic mass is 10.0. The van der Waals surface area contributed by atoms with Crippen molar-refractivity contribution in [1.82, 2.24) is 3.97 Å². The number of furan rings is 1. The molecule has 0 bridgehead atoms. The summed E-state index contributed by atoms with van der Waals surface area (Å²) in [7, 11) is -4.29. The minimum Gasteiger partial charge on any atom is -0.448 e. The van der Waals surface area contributed by atoms with E-state index in [0.29, 0.717) is 22.2 Å². The average molecular weight is 638 g/mol. The Bertz CT molecular complexity index is 2080. The molecule has 3 heterocycles. The van der Waals surface area contributed by atoms with Crippen molar-refractivity contribution < 1.29 is 32.0 Å². The van der Waals surface area contributed by atoms with Crippen molar-refractivity contribution in [3.8, 4) is 0 Å². The van der Waals surface area contributed by atoms with E-state index in [1.54, 1.807) is 106 Å². The van der Waals surface area contributed by atoms with Gasteiger partial charge in [0.25, 0.3) is 21.8 Å². The van der Waals surface area contributed by atoms with Crippen molar-refractivity contribution in [1.29, 1.82) is 0 Å². The van der Waals surface area contributed by atoms with Crippen molar-refractivity contribution >= 4 is 56.0 Å². The fraction of sp³-hybridized carbons (Fsp3) is 0.171. The predicted molar refractivity (Wildman–Crippen MR) is 174 cm³/mol. The number of carbonyl (C=O) groups excluding carboxylic acids is 3. The quantitative estimate of drug-likeness (QED) is 0.180. The van der Waals surface area contributed by atoms with Crippen molar-refractivity contribution in [3.05, 3.63) is 121 Å². The van der Waals surface area contributed by atoms with Crippen LogP contribution in [0.5, 0.6) is 0 Å². The molecular weight excluding hydrogens is 606 g/mol. The Kier molecular flexibility index (Phi) is 7.87. The molecular formula is C35H31N3O7S. The molecule has 0 unspecified atom stereocenters. The van der Waals surface area contributed by atoms with Crippen LogP contribution in [0.2, 0.25) is 0 Å². The number of nitrogens with zero attached hydrogens (tertiary/aromatic N) is 3. The summed E-state index contributed by atoms with van der Waals surface area (Å²) in [5, 5.41) is 0.542. The number of hydrogen-bond acceptors (Lipinski definition) is 7. The van der Waals surface area contributed by atoms with E-state index >= 15 is 0 Å². The van der Waals surface area contributed by atoms with E-state index in [2.05, 4.69) is 0 Å². The molecule has 0 saturated heterocycles. The number of para-hydroxylation sites is 2. The van der Waals surface area contributed by atoms with E-state index < -0.39 is 33.5 Å². The third-order valence-corrected chi connectivity index (χ3v) is 9.11. The Hall–Kier alpha value is -5.42. The van der Waals surface area contributed by atoms with Gasteiger partial charge in [0.05, 0.1) is 33.6 Å². The number of amides is 3. The van der Waals surface area contributed by atoms with E-state index in [0.717, 1.165) is 8.87 Å². The minimum absolute atomic E-state index is 0.00630. The van der Waals surface area contributed by atoms with Crippen molar-refractivity contribution in [3.63, 3.8) is 0 Å². The van der Waals surface area contributed by atoms with Crippen LogP contribution >= 0.6 is 0 Å². The normalized spacial score (nSPS) is 13.7. The monoisotopic (exact) mass is 637 g/mol. The maximum atomic E-state index is 14.4. The average Bonchev–Trinajstić information content (AvgIpc) is 3.74. The molecule has 0 spiro atoms. The molecule has 1 aliphatic rings. The molecule has 46 heavy (non-hydrogen) atoms. The molecule has 0 aliphatic carbocycles. The lowest BCUT2D eigenvalue weighted by molar-refractivity contribution is -0.119. The van der Waals surface area contributed by atoms with Gasteiger partial charge >= 0.3 is 6.09 Å². The lowest BCUT2D eigenvalue weighted by Crippen LogP contribution is -2.38. The van der Waals surface area contributed by atoms with Crippen LogP contribution < -0.4 is 9.80 Å². The Morgan fingerprint density at radius 3 is 2.17 bits per heavy atom. The number of anilines is 2. The molecule has 0 atom stereocenters. The number of carbonyl (C=O) groups is 3. The third-order valence-electron chi connectivity index (χ3n) is 7.38. The van der Waals surface area contributed by atoms with Gasteiger partial charge in [0.2, 0.25) is 5.88 Å². The summed E-state index contributed by atoms with van der Waals surface area (Å²) < 4.78 is 41.1. The van der Waals surface area contributed by atoms with Crippen LogP contribution in [0.3, 0.4) is 0 Å². The number of hydrogen-bond donors (Lipinski definition) is 0. The van der Waals surface area contributed by atoms with E-state index in [4.69, 9.17) is 9.15 Å². The van der Waals surface area contributed by atoms with E-state index in [-0.39, 0.29) is 35.0 Å². The number of aromatic nitrogens is 1. The van der Waals surface area contributed by atoms with E-state index in [1.807, 2.05) is 0 Å². The SMILES string of the molecule is CC(C)(C)OC(=O)N(CCc1c(C2=CC(=O)N(c3ccccc3)C2=O)n(S(=O)(=O)c2ccccc2)c2ccccc12)c1ccco1. The highest BCUT2D eigenvalue weighted by atomic mass is 32.2. The van der Waals surface area contributed by atoms with Gasteiger partial charge in [-0.05, 0) is 69.2 Å². The van der Waals surface area contributed by atoms with Gasteiger partial charge in [0.1, 0.15) is 5.60 Å². The highest BCUT2D eigenvalue weighted by molar-refractivity contribution is 7.90. The van der Waals surface area contributed by atoms with E-state index in [1.165, 1.54) is 29.4 Å². The summed E-state index contributed by atoms with van der Waals surface area (Å²) in [6.45, 7) is 5.25. The second-order valence-corrected chi connectivity index (χ2v) is 13.4. The first-order chi connectivity index (χ1) is 22.0. The maximum Gasteiger partial charge on any atom is 0.417 e. The van der Waals surface area contributed by atoms with Gasteiger partial charge in [-0.3, -0.25) is 9.59 Å². The van der Waals surface area contributed by atoms with Crippen LogP contribution in [0.4, 0.5) is 16.4 Å². The molecule has 234 valence electrons. The molecule has 0 N–H and O–H groups in total. The molecule has 0 saturated carbocycles. The molecule has 3 aromatic carbocycles. The fourth-order valence-corrected chi connectivity index (χ4v) is 7.05. The van der Waals surface area contributed by atoms with Gasteiger partial charge in [-0.2, -0.15) is 0 Å². The first-order valence-electron chi connectivity index (χ1n) is 14.6. The van der Waals surface area contributed by atoms with Crippen LogP contribution in [0.25, 0.3) is 16.5 Å². The van der Waals surface area contributed by atoms with Gasteiger partial charge in [-0.1, -0.05) is 54.6 Å². The second-order valence-electron chi connectivity index (χ2n) is 11.6. The van der Waals surface area contributed by atoms with Crippen molar-refractivity contribution in [2.24, 2.45) is 0 Å². The number of rotatable bonds is 8. The van der Waals surface area contributed by atoms with Gasteiger partial charge in [0, 0.05) is 24.1 Å². The number of benzene rings is 3. The van der Waals surface area contributed by atoms with Gasteiger partial charge < -0.3 is 9.15 Å². The summed E-state index contributed by atoms with van der Waals surface area (Å²) in [6, 6.07) is 26.4. The number of fused-ring (bicyclic) bond motifs is 1. The van der Waals surface area contributed by atoms with Crippen LogP contribution in [0.15, 0.2) is 119 Å². The van der Waals surface area contributed by atoms with Crippen LogP contribution in [-0.4, -0.2) is 42.4 Å². The topological polar surface area (TPSA) is 119 Å². The van der Waals surface area contributed by atoms with Gasteiger partial charge in [-0.25, -0.2) is 27.0 Å². The molecule has 1 aliphatic heterocycles. The molecule has 6 rings (SSSR count). The lowest BCUT2D eigenvalue weighted by Gasteiger charge is -2.26. The third kappa shape index (κ3) is 5.61. The maximum absolute atomic E-state index is 14.4. The zero-order chi connectivity index (χ0) is 32.6. The highest BCUT2D eigenvalue weighted by Gasteiger charge is 2.39. The van der Waals surface area contributed by atoms with Crippen molar-refractivity contribution in [2.45, 2.75) is 37.7 Å². The molecule has 0 radical (unpaired) electrons. The Morgan fingerprint density at radius 1 is 0.870 bits per heavy atom. The fourth-order valence-electron chi connectivity index (χ4n) is 5.47. The summed E-state index contributed by atoms with van der Waals surface area (Å²) >= 11 is 0. The van der Waals surface area contributed by atoms with Crippen LogP contribution in [0, 0.1) is 0 Å². The van der Waals surface area contributed by atoms with Gasteiger partial charge in [0.15, 0.2) is 0 Å². The van der Waals surface area contributed by atoms with Crippen LogP contribution in [0.1, 0.15) is 32.0 Å². The standard InChI is InChI=1S/C35H31N3O7S/c1-35(2,3)45-34(41)36(31-19-12-22-44-31)21-20-27-26-17-10-11-18-29(26)38(46(42,43)25-15-8-5-9-16-25)32(27)28-23-30(39)37(33(28)40)24-13-6-4-7-14-24/h4-19,22-23H,20-21H2,1-3H3. The number of imide groups is 1.